The van der Waals surface area contributed by atoms with Gasteiger partial charge < -0.3 is 34.5 Å². The fraction of sp³-hybridized carbons (Fsp3) is 0.452. The molecule has 53 heavy (non-hydrogen) atoms. The van der Waals surface area contributed by atoms with E-state index in [0.717, 1.165) is 37.9 Å². The van der Waals surface area contributed by atoms with Crippen molar-refractivity contribution in [2.24, 2.45) is 0 Å². The molecule has 3 aromatic carbocycles. The molecule has 1 aromatic heterocycles. The third-order valence-electron chi connectivity index (χ3n) is 9.25. The Morgan fingerprint density at radius 3 is 2.11 bits per heavy atom. The molecule has 5 rings (SSSR count). The van der Waals surface area contributed by atoms with Gasteiger partial charge in [0, 0.05) is 36.9 Å². The molecule has 11 heteroatoms. The summed E-state index contributed by atoms with van der Waals surface area (Å²) in [7, 11) is 0. The maximum absolute atomic E-state index is 14.8. The van der Waals surface area contributed by atoms with E-state index in [1.165, 1.54) is 0 Å². The van der Waals surface area contributed by atoms with Crippen molar-refractivity contribution in [1.29, 1.82) is 0 Å². The molecule has 1 aliphatic rings. The van der Waals surface area contributed by atoms with Crippen molar-refractivity contribution in [2.45, 2.75) is 97.2 Å². The number of ether oxygens (including phenoxy) is 4. The molecule has 0 spiro atoms. The minimum Gasteiger partial charge on any atom is -0.449 e. The zero-order valence-electron chi connectivity index (χ0n) is 31.7. The number of unbranched alkanes of at least 4 members (excludes halogenated alkanes) is 1. The largest absolute Gasteiger partial charge is 0.449 e. The fourth-order valence-electron chi connectivity index (χ4n) is 6.78. The number of nitrogens with one attached hydrogen (secondary N) is 2. The maximum atomic E-state index is 14.8. The molecule has 10 nitrogen and oxygen atoms in total. The highest BCUT2D eigenvalue weighted by molar-refractivity contribution is 7.17. The highest BCUT2D eigenvalue weighted by Gasteiger charge is 2.35. The van der Waals surface area contributed by atoms with Crippen LogP contribution in [-0.2, 0) is 30.3 Å². The summed E-state index contributed by atoms with van der Waals surface area (Å²) in [6.07, 6.45) is -0.410. The van der Waals surface area contributed by atoms with Crippen LogP contribution in [0.25, 0.3) is 21.2 Å². The van der Waals surface area contributed by atoms with Crippen LogP contribution in [0.15, 0.2) is 78.2 Å². The first-order valence-electron chi connectivity index (χ1n) is 18.6. The van der Waals surface area contributed by atoms with Crippen LogP contribution in [-0.4, -0.2) is 73.3 Å². The Kier molecular flexibility index (Phi) is 13.9. The molecule has 0 bridgehead atoms. The van der Waals surface area contributed by atoms with Gasteiger partial charge >= 0.3 is 12.2 Å². The van der Waals surface area contributed by atoms with Crippen molar-refractivity contribution in [3.05, 3.63) is 94.9 Å². The van der Waals surface area contributed by atoms with E-state index in [4.69, 9.17) is 18.9 Å². The third kappa shape index (κ3) is 10.4. The summed E-state index contributed by atoms with van der Waals surface area (Å²) in [5.74, 6) is -0.395. The Bertz CT molecular complexity index is 1780. The molecule has 0 saturated carbocycles. The van der Waals surface area contributed by atoms with Crippen LogP contribution < -0.4 is 10.6 Å². The summed E-state index contributed by atoms with van der Waals surface area (Å²) in [5.41, 5.74) is 4.87. The van der Waals surface area contributed by atoms with Crippen LogP contribution in [0.3, 0.4) is 0 Å². The van der Waals surface area contributed by atoms with Crippen LogP contribution in [0, 0.1) is 0 Å². The lowest BCUT2D eigenvalue weighted by atomic mass is 9.98. The number of thiophene rings is 1. The van der Waals surface area contributed by atoms with Gasteiger partial charge in [-0.15, -0.1) is 11.3 Å². The average Bonchev–Trinajstić information content (AvgIpc) is 3.69. The van der Waals surface area contributed by atoms with E-state index in [-0.39, 0.29) is 18.4 Å². The minimum atomic E-state index is -0.913. The molecule has 0 saturated heterocycles. The maximum Gasteiger partial charge on any atom is 0.407 e. The molecule has 1 aliphatic carbocycles. The second-order valence-electron chi connectivity index (χ2n) is 14.2. The number of benzene rings is 3. The van der Waals surface area contributed by atoms with Crippen molar-refractivity contribution in [3.63, 3.8) is 0 Å². The van der Waals surface area contributed by atoms with Gasteiger partial charge in [0.15, 0.2) is 6.29 Å². The average molecular weight is 744 g/mol. The first-order valence-corrected chi connectivity index (χ1v) is 19.5. The van der Waals surface area contributed by atoms with E-state index in [2.05, 4.69) is 52.4 Å². The Morgan fingerprint density at radius 1 is 0.849 bits per heavy atom. The standard InChI is InChI=1S/C42H53N3O7S/c1-7-49-39(50-8-2)28(3)45(25-29-27-53-37-23-14-13-17-30(29)37)38(46)36(22-15-16-24-43-40(47)52-42(4,5)6)44-41(48)51-26-35-33-20-11-9-18-31(33)32-19-10-12-21-34(32)35/h9-14,17-21,23,27-28,35-36,39H,7-8,15-16,22,24-26H2,1-6H3,(H,43,47)(H,44,48)/t28-,36-/m0/s1. The molecule has 1 heterocycles. The Balaban J connectivity index is 1.35. The number of nitrogens with zero attached hydrogens (tertiary/aromatic N) is 1. The van der Waals surface area contributed by atoms with Crippen LogP contribution in [0.5, 0.6) is 0 Å². The lowest BCUT2D eigenvalue weighted by Gasteiger charge is -2.36. The summed E-state index contributed by atoms with van der Waals surface area (Å²) in [6.45, 7) is 12.7. The van der Waals surface area contributed by atoms with Crippen molar-refractivity contribution in [1.82, 2.24) is 15.5 Å². The van der Waals surface area contributed by atoms with Gasteiger partial charge in [0.25, 0.3) is 0 Å². The first-order chi connectivity index (χ1) is 25.5. The molecular weight excluding hydrogens is 691 g/mol. The number of carbonyl (C=O) groups is 3. The first kappa shape index (κ1) is 39.8. The van der Waals surface area contributed by atoms with Gasteiger partial charge in [0.2, 0.25) is 5.91 Å². The monoisotopic (exact) mass is 743 g/mol. The smallest absolute Gasteiger partial charge is 0.407 e. The van der Waals surface area contributed by atoms with Crippen LogP contribution in [0.1, 0.15) is 83.4 Å². The van der Waals surface area contributed by atoms with Gasteiger partial charge in [-0.25, -0.2) is 9.59 Å². The molecule has 4 aromatic rings. The van der Waals surface area contributed by atoms with E-state index in [1.807, 2.05) is 77.9 Å². The number of hydrogen-bond acceptors (Lipinski definition) is 8. The Hall–Kier alpha value is -4.45. The highest BCUT2D eigenvalue weighted by Crippen LogP contribution is 2.44. The summed E-state index contributed by atoms with van der Waals surface area (Å²) in [6, 6.07) is 23.0. The number of rotatable bonds is 17. The Morgan fingerprint density at radius 2 is 1.47 bits per heavy atom. The van der Waals surface area contributed by atoms with Crippen molar-refractivity contribution in [2.75, 3.05) is 26.4 Å². The number of alkyl carbamates (subject to hydrolysis) is 2. The zero-order valence-corrected chi connectivity index (χ0v) is 32.5. The van der Waals surface area contributed by atoms with Gasteiger partial charge in [-0.2, -0.15) is 0 Å². The minimum absolute atomic E-state index is 0.122. The molecule has 2 N–H and O–H groups in total. The van der Waals surface area contributed by atoms with Crippen LogP contribution in [0.4, 0.5) is 9.59 Å². The molecule has 3 amide bonds. The summed E-state index contributed by atoms with van der Waals surface area (Å²) < 4.78 is 24.4. The summed E-state index contributed by atoms with van der Waals surface area (Å²) in [4.78, 5) is 42.4. The molecule has 0 fully saturated rings. The molecule has 0 aliphatic heterocycles. The van der Waals surface area contributed by atoms with Crippen LogP contribution in [0.2, 0.25) is 0 Å². The van der Waals surface area contributed by atoms with Gasteiger partial charge in [-0.1, -0.05) is 66.7 Å². The number of carbonyl (C=O) groups excluding carboxylic acids is 3. The quantitative estimate of drug-likeness (QED) is 0.0822. The third-order valence-corrected chi connectivity index (χ3v) is 10.3. The van der Waals surface area contributed by atoms with Gasteiger partial charge in [-0.05, 0) is 105 Å². The van der Waals surface area contributed by atoms with E-state index in [1.54, 1.807) is 16.2 Å². The highest BCUT2D eigenvalue weighted by atomic mass is 32.1. The van der Waals surface area contributed by atoms with Crippen LogP contribution >= 0.6 is 11.3 Å². The van der Waals surface area contributed by atoms with E-state index in [0.29, 0.717) is 45.6 Å². The van der Waals surface area contributed by atoms with Crippen molar-refractivity contribution < 1.29 is 33.3 Å². The normalized spacial score (nSPS) is 13.6. The fourth-order valence-corrected chi connectivity index (χ4v) is 7.74. The Labute approximate surface area is 317 Å². The molecule has 2 atom stereocenters. The molecule has 0 unspecified atom stereocenters. The number of amides is 3. The predicted molar refractivity (Wildman–Crippen MR) is 209 cm³/mol. The van der Waals surface area contributed by atoms with E-state index >= 15 is 0 Å². The second kappa shape index (κ2) is 18.5. The SMILES string of the molecule is CCOC(OCC)[C@H](C)N(Cc1csc2ccccc12)C(=O)[C@H](CCCCNC(=O)OC(C)(C)C)NC(=O)OCC1c2ccccc2-c2ccccc21. The van der Waals surface area contributed by atoms with Gasteiger partial charge in [0.1, 0.15) is 18.2 Å². The second-order valence-corrected chi connectivity index (χ2v) is 15.1. The lowest BCUT2D eigenvalue weighted by molar-refractivity contribution is -0.179. The van der Waals surface area contributed by atoms with E-state index in [9.17, 15) is 14.4 Å². The molecule has 284 valence electrons. The number of fused-ring (bicyclic) bond motifs is 4. The lowest BCUT2D eigenvalue weighted by Crippen LogP contribution is -2.54. The molecular formula is C42H53N3O7S. The summed E-state index contributed by atoms with van der Waals surface area (Å²) in [5, 5.41) is 8.86. The number of hydrogen-bond donors (Lipinski definition) is 2. The van der Waals surface area contributed by atoms with Gasteiger partial charge in [0.05, 0.1) is 6.04 Å². The molecule has 0 radical (unpaired) electrons. The summed E-state index contributed by atoms with van der Waals surface area (Å²) >= 11 is 1.63. The zero-order chi connectivity index (χ0) is 38.0. The van der Waals surface area contributed by atoms with Crippen molar-refractivity contribution >= 4 is 39.5 Å². The van der Waals surface area contributed by atoms with Gasteiger partial charge in [-0.3, -0.25) is 4.79 Å². The topological polar surface area (TPSA) is 115 Å². The van der Waals surface area contributed by atoms with E-state index < -0.39 is 36.2 Å². The van der Waals surface area contributed by atoms with Crippen molar-refractivity contribution in [3.8, 4) is 11.1 Å². The predicted octanol–water partition coefficient (Wildman–Crippen LogP) is 8.62.